The minimum Gasteiger partial charge on any atom is -0.372 e. The molecule has 1 aromatic carbocycles. The van der Waals surface area contributed by atoms with Gasteiger partial charge in [0.15, 0.2) is 0 Å². The Bertz CT molecular complexity index is 398. The second kappa shape index (κ2) is 4.07. The molecule has 0 saturated heterocycles. The Hall–Kier alpha value is -0.930. The lowest BCUT2D eigenvalue weighted by molar-refractivity contribution is 0.0437. The van der Waals surface area contributed by atoms with E-state index in [2.05, 4.69) is 5.32 Å². The van der Waals surface area contributed by atoms with Crippen LogP contribution >= 0.6 is 0 Å². The number of halogens is 1. The van der Waals surface area contributed by atoms with Crippen LogP contribution in [0.15, 0.2) is 18.2 Å². The highest BCUT2D eigenvalue weighted by Crippen LogP contribution is 2.26. The van der Waals surface area contributed by atoms with E-state index in [1.54, 1.807) is 13.1 Å². The Morgan fingerprint density at radius 2 is 2.57 bits per heavy atom. The zero-order valence-corrected chi connectivity index (χ0v) is 8.01. The highest BCUT2D eigenvalue weighted by molar-refractivity contribution is 5.31. The summed E-state index contributed by atoms with van der Waals surface area (Å²) >= 11 is 0. The van der Waals surface area contributed by atoms with Crippen molar-refractivity contribution in [1.82, 2.24) is 5.32 Å². The summed E-state index contributed by atoms with van der Waals surface area (Å²) in [4.78, 5) is 0. The molecule has 0 amide bonds. The van der Waals surface area contributed by atoms with Crippen molar-refractivity contribution in [2.75, 3.05) is 20.2 Å². The third kappa shape index (κ3) is 1.79. The molecule has 0 aliphatic carbocycles. The van der Waals surface area contributed by atoms with Crippen molar-refractivity contribution in [1.29, 1.82) is 0 Å². The second-order valence-electron chi connectivity index (χ2n) is 3.27. The topological polar surface area (TPSA) is 21.3 Å². The average molecular weight is 197 g/mol. The van der Waals surface area contributed by atoms with Crippen LogP contribution in [0.4, 0.5) is 4.39 Å². The first kappa shape index (κ1) is 7.37. The molecule has 0 fully saturated rings. The van der Waals surface area contributed by atoms with Gasteiger partial charge < -0.3 is 10.1 Å². The zero-order valence-electron chi connectivity index (χ0n) is 10.0. The summed E-state index contributed by atoms with van der Waals surface area (Å²) in [5.41, 5.74) is 1.13. The monoisotopic (exact) mass is 197 g/mol. The minimum absolute atomic E-state index is 0.0319. The van der Waals surface area contributed by atoms with E-state index in [0.29, 0.717) is 12.1 Å². The van der Waals surface area contributed by atoms with Gasteiger partial charge in [-0.1, -0.05) is 6.07 Å². The van der Waals surface area contributed by atoms with Crippen LogP contribution in [0, 0.1) is 5.82 Å². The van der Waals surface area contributed by atoms with E-state index in [1.165, 1.54) is 12.1 Å². The fourth-order valence-electron chi connectivity index (χ4n) is 1.63. The van der Waals surface area contributed by atoms with Gasteiger partial charge in [-0.25, -0.2) is 4.39 Å². The summed E-state index contributed by atoms with van der Waals surface area (Å²) in [7, 11) is 1.80. The fraction of sp³-hybridized carbons (Fsp3) is 0.455. The predicted octanol–water partition coefficient (Wildman–Crippen LogP) is 1.66. The molecule has 1 heterocycles. The Labute approximate surface area is 85.9 Å². The number of ether oxygens (including phenoxy) is 1. The van der Waals surface area contributed by atoms with Gasteiger partial charge in [0, 0.05) is 9.29 Å². The largest absolute Gasteiger partial charge is 0.372 e. The number of hydrogen-bond acceptors (Lipinski definition) is 2. The van der Waals surface area contributed by atoms with Crippen LogP contribution in [-0.4, -0.2) is 20.2 Å². The van der Waals surface area contributed by atoms with Crippen LogP contribution in [-0.2, 0) is 11.1 Å². The number of likely N-dealkylation sites (N-methyl/N-ethyl adjacent to an activating group) is 1. The van der Waals surface area contributed by atoms with Gasteiger partial charge >= 0.3 is 0 Å². The van der Waals surface area contributed by atoms with Crippen molar-refractivity contribution in [2.45, 2.75) is 12.5 Å². The van der Waals surface area contributed by atoms with Gasteiger partial charge in [0.05, 0.1) is 12.7 Å². The molecule has 0 saturated carbocycles. The maximum absolute atomic E-state index is 13.1. The van der Waals surface area contributed by atoms with E-state index in [0.717, 1.165) is 5.56 Å². The van der Waals surface area contributed by atoms with Crippen molar-refractivity contribution >= 4 is 0 Å². The van der Waals surface area contributed by atoms with Gasteiger partial charge in [-0.15, -0.1) is 0 Å². The molecule has 1 N–H and O–H groups in total. The lowest BCUT2D eigenvalue weighted by Gasteiger charge is -2.25. The molecule has 1 aliphatic heterocycles. The molecule has 2 rings (SSSR count). The first-order chi connectivity index (χ1) is 7.54. The van der Waals surface area contributed by atoms with E-state index >= 15 is 0 Å². The van der Waals surface area contributed by atoms with Crippen molar-refractivity contribution in [3.05, 3.63) is 35.1 Å². The van der Waals surface area contributed by atoms with Crippen LogP contribution in [0.5, 0.6) is 0 Å². The number of benzene rings is 1. The molecule has 0 aromatic heterocycles. The summed E-state index contributed by atoms with van der Waals surface area (Å²) in [5, 5.41) is 2.98. The maximum atomic E-state index is 13.1. The van der Waals surface area contributed by atoms with Crippen LogP contribution in [0.25, 0.3) is 0 Å². The van der Waals surface area contributed by atoms with Crippen molar-refractivity contribution in [2.24, 2.45) is 0 Å². The summed E-state index contributed by atoms with van der Waals surface area (Å²) in [6.07, 6.45) is -1.81. The smallest absolute Gasteiger partial charge is 0.123 e. The average Bonchev–Trinajstić information content (AvgIpc) is 2.23. The highest BCUT2D eigenvalue weighted by atomic mass is 19.1. The van der Waals surface area contributed by atoms with E-state index in [-0.39, 0.29) is 12.7 Å². The summed E-state index contributed by atoms with van der Waals surface area (Å²) < 4.78 is 34.1. The molecular weight excluding hydrogens is 181 g/mol. The van der Waals surface area contributed by atoms with Crippen molar-refractivity contribution in [3.63, 3.8) is 0 Å². The molecule has 2 nitrogen and oxygen atoms in total. The van der Waals surface area contributed by atoms with E-state index in [1.807, 2.05) is 0 Å². The quantitative estimate of drug-likeness (QED) is 0.778. The van der Waals surface area contributed by atoms with E-state index in [4.69, 9.17) is 7.48 Å². The van der Waals surface area contributed by atoms with Crippen LogP contribution in [0.2, 0.25) is 0 Å². The normalized spacial score (nSPS) is 26.3. The Morgan fingerprint density at radius 3 is 3.36 bits per heavy atom. The Kier molecular flexibility index (Phi) is 2.14. The van der Waals surface area contributed by atoms with E-state index in [9.17, 15) is 4.39 Å². The minimum atomic E-state index is -1.61. The predicted molar refractivity (Wildman–Crippen MR) is 52.7 cm³/mol. The Balaban J connectivity index is 2.45. The molecule has 0 bridgehead atoms. The Morgan fingerprint density at radius 1 is 1.71 bits per heavy atom. The first-order valence-electron chi connectivity index (χ1n) is 5.61. The second-order valence-corrected chi connectivity index (χ2v) is 3.27. The third-order valence-corrected chi connectivity index (χ3v) is 2.30. The van der Waals surface area contributed by atoms with Gasteiger partial charge in [-0.2, -0.15) is 0 Å². The van der Waals surface area contributed by atoms with Gasteiger partial charge in [0.2, 0.25) is 0 Å². The molecule has 3 heteroatoms. The lowest BCUT2D eigenvalue weighted by atomic mass is 9.97. The number of fused-ring (bicyclic) bond motifs is 1. The molecule has 14 heavy (non-hydrogen) atoms. The summed E-state index contributed by atoms with van der Waals surface area (Å²) in [6.45, 7) is 0.560. The van der Waals surface area contributed by atoms with Crippen LogP contribution in [0.3, 0.4) is 0 Å². The van der Waals surface area contributed by atoms with Crippen LogP contribution < -0.4 is 5.32 Å². The molecule has 1 aliphatic rings. The molecule has 0 spiro atoms. The molecule has 0 radical (unpaired) electrons. The van der Waals surface area contributed by atoms with Crippen LogP contribution in [0.1, 0.15) is 20.0 Å². The van der Waals surface area contributed by atoms with Crippen molar-refractivity contribution < 1.29 is 11.9 Å². The number of rotatable bonds is 2. The SMILES string of the molecule is [2H]C1([2H])CO[C@@H](CNC)c2ccc(F)cc21. The molecular formula is C11H14FNO. The highest BCUT2D eigenvalue weighted by Gasteiger charge is 2.20. The molecule has 1 atom stereocenters. The molecule has 1 aromatic rings. The number of nitrogens with one attached hydrogen (secondary N) is 1. The zero-order chi connectivity index (χ0) is 11.8. The number of hydrogen-bond donors (Lipinski definition) is 1. The van der Waals surface area contributed by atoms with Gasteiger partial charge in [0.1, 0.15) is 5.82 Å². The van der Waals surface area contributed by atoms with E-state index < -0.39 is 12.2 Å². The maximum Gasteiger partial charge on any atom is 0.123 e. The summed E-state index contributed by atoms with van der Waals surface area (Å²) in [5.74, 6) is -0.410. The van der Waals surface area contributed by atoms with Gasteiger partial charge in [0.25, 0.3) is 0 Å². The molecule has 76 valence electrons. The van der Waals surface area contributed by atoms with Gasteiger partial charge in [-0.3, -0.25) is 0 Å². The lowest BCUT2D eigenvalue weighted by Crippen LogP contribution is -2.25. The third-order valence-electron chi connectivity index (χ3n) is 2.30. The molecule has 0 unspecified atom stereocenters. The fourth-order valence-corrected chi connectivity index (χ4v) is 1.63. The first-order valence-corrected chi connectivity index (χ1v) is 4.61. The summed E-state index contributed by atoms with van der Waals surface area (Å²) in [6, 6.07) is 4.20. The van der Waals surface area contributed by atoms with Crippen molar-refractivity contribution in [3.8, 4) is 0 Å². The standard InChI is InChI=1S/C11H14FNO/c1-13-7-11-10-3-2-9(12)6-8(10)4-5-14-11/h2-3,6,11,13H,4-5,7H2,1H3/t11-/m0/s1/i4D2. The van der Waals surface area contributed by atoms with Gasteiger partial charge in [-0.05, 0) is 36.7 Å².